The number of hydrogen-bond donors (Lipinski definition) is 1. The van der Waals surface area contributed by atoms with Crippen molar-refractivity contribution in [3.8, 4) is 5.75 Å². The topological polar surface area (TPSA) is 77.3 Å². The van der Waals surface area contributed by atoms with Gasteiger partial charge >= 0.3 is 11.9 Å². The number of hydrogen-bond acceptors (Lipinski definition) is 5. The fourth-order valence-electron chi connectivity index (χ4n) is 1.34. The van der Waals surface area contributed by atoms with Crippen LogP contribution in [0.2, 0.25) is 0 Å². The fourth-order valence-corrected chi connectivity index (χ4v) is 1.34. The lowest BCUT2D eigenvalue weighted by Gasteiger charge is -2.27. The van der Waals surface area contributed by atoms with E-state index < -0.39 is 28.2 Å². The van der Waals surface area contributed by atoms with E-state index in [9.17, 15) is 23.3 Å². The number of nitrogens with zero attached hydrogens (tertiary/aromatic N) is 2. The van der Waals surface area contributed by atoms with Crippen LogP contribution in [0.15, 0.2) is 12.3 Å². The summed E-state index contributed by atoms with van der Waals surface area (Å²) in [5.41, 5.74) is -1.79. The van der Waals surface area contributed by atoms with Crippen LogP contribution in [-0.2, 0) is 6.18 Å². The molecule has 1 aromatic heterocycles. The van der Waals surface area contributed by atoms with Crippen molar-refractivity contribution in [2.45, 2.75) is 12.3 Å². The molecular weight excluding hydrogens is 255 g/mol. The van der Waals surface area contributed by atoms with Crippen LogP contribution in [0.5, 0.6) is 5.75 Å². The Hall–Kier alpha value is -1.90. The molecule has 0 saturated carbocycles. The van der Waals surface area contributed by atoms with Crippen LogP contribution in [0.25, 0.3) is 0 Å². The predicted molar refractivity (Wildman–Crippen MR) is 53.2 cm³/mol. The molecule has 1 aromatic rings. The third-order valence-electron chi connectivity index (χ3n) is 2.37. The number of nitro groups is 1. The number of rotatable bonds is 3. The van der Waals surface area contributed by atoms with Crippen molar-refractivity contribution in [1.82, 2.24) is 10.3 Å². The normalized spacial score (nSPS) is 16.2. The molecule has 2 rings (SSSR count). The molecule has 0 atom stereocenters. The van der Waals surface area contributed by atoms with Crippen LogP contribution in [0, 0.1) is 10.1 Å². The van der Waals surface area contributed by atoms with Crippen molar-refractivity contribution in [2.75, 3.05) is 13.1 Å². The number of halogens is 3. The van der Waals surface area contributed by atoms with Crippen molar-refractivity contribution in [3.05, 3.63) is 28.1 Å². The minimum atomic E-state index is -4.66. The number of pyridine rings is 1. The molecule has 0 unspecified atom stereocenters. The first kappa shape index (κ1) is 12.6. The molecule has 1 saturated heterocycles. The van der Waals surface area contributed by atoms with E-state index in [-0.39, 0.29) is 6.10 Å². The highest BCUT2D eigenvalue weighted by atomic mass is 19.4. The zero-order valence-corrected chi connectivity index (χ0v) is 8.90. The first-order chi connectivity index (χ1) is 8.38. The van der Waals surface area contributed by atoms with Crippen molar-refractivity contribution in [3.63, 3.8) is 0 Å². The van der Waals surface area contributed by atoms with Crippen LogP contribution in [0.4, 0.5) is 18.9 Å². The second-order valence-electron chi connectivity index (χ2n) is 3.69. The second kappa shape index (κ2) is 4.41. The summed E-state index contributed by atoms with van der Waals surface area (Å²) in [6.07, 6.45) is -4.46. The first-order valence-electron chi connectivity index (χ1n) is 4.97. The molecule has 0 aliphatic carbocycles. The van der Waals surface area contributed by atoms with E-state index in [1.54, 1.807) is 0 Å². The predicted octanol–water partition coefficient (Wildman–Crippen LogP) is 1.36. The Morgan fingerprint density at radius 1 is 1.50 bits per heavy atom. The molecule has 1 aliphatic heterocycles. The van der Waals surface area contributed by atoms with Gasteiger partial charge in [0.05, 0.1) is 4.92 Å². The van der Waals surface area contributed by atoms with Gasteiger partial charge in [-0.3, -0.25) is 10.1 Å². The molecule has 9 heteroatoms. The summed E-state index contributed by atoms with van der Waals surface area (Å²) in [5, 5.41) is 13.5. The summed E-state index contributed by atoms with van der Waals surface area (Å²) in [5.74, 6) is -0.408. The highest BCUT2D eigenvalue weighted by Gasteiger charge is 2.35. The van der Waals surface area contributed by atoms with Gasteiger partial charge < -0.3 is 10.1 Å². The second-order valence-corrected chi connectivity index (χ2v) is 3.69. The van der Waals surface area contributed by atoms with Crippen LogP contribution in [-0.4, -0.2) is 29.1 Å². The molecule has 1 N–H and O–H groups in total. The molecule has 2 heterocycles. The molecule has 0 radical (unpaired) electrons. The molecule has 0 bridgehead atoms. The molecule has 18 heavy (non-hydrogen) atoms. The van der Waals surface area contributed by atoms with Gasteiger partial charge in [-0.25, -0.2) is 4.98 Å². The molecule has 6 nitrogen and oxygen atoms in total. The van der Waals surface area contributed by atoms with Gasteiger partial charge in [-0.15, -0.1) is 0 Å². The first-order valence-corrected chi connectivity index (χ1v) is 4.97. The number of alkyl halides is 3. The fraction of sp³-hybridized carbons (Fsp3) is 0.444. The smallest absolute Gasteiger partial charge is 0.433 e. The van der Waals surface area contributed by atoms with Gasteiger partial charge in [0.25, 0.3) is 0 Å². The van der Waals surface area contributed by atoms with E-state index in [4.69, 9.17) is 4.74 Å². The van der Waals surface area contributed by atoms with Gasteiger partial charge in [0.2, 0.25) is 5.75 Å². The zero-order valence-electron chi connectivity index (χ0n) is 8.90. The maximum atomic E-state index is 12.4. The Bertz CT molecular complexity index is 474. The Balaban J connectivity index is 2.34. The average Bonchev–Trinajstić information content (AvgIpc) is 2.21. The van der Waals surface area contributed by atoms with Crippen LogP contribution >= 0.6 is 0 Å². The third-order valence-corrected chi connectivity index (χ3v) is 2.37. The Morgan fingerprint density at radius 2 is 2.17 bits per heavy atom. The van der Waals surface area contributed by atoms with E-state index in [0.29, 0.717) is 25.4 Å². The maximum Gasteiger partial charge on any atom is 0.433 e. The number of nitrogens with one attached hydrogen (secondary N) is 1. The standard InChI is InChI=1S/C9H8F3N3O3/c10-9(11,12)8-1-7(18-5-2-13-3-5)6(4-14-8)15(16)17/h1,4-5,13H,2-3H2. The summed E-state index contributed by atoms with van der Waals surface area (Å²) in [6, 6.07) is 0.552. The molecule has 98 valence electrons. The Labute approximate surface area is 98.9 Å². The number of aromatic nitrogens is 1. The SMILES string of the molecule is O=[N+]([O-])c1cnc(C(F)(F)F)cc1OC1CNC1. The molecular formula is C9H8F3N3O3. The van der Waals surface area contributed by atoms with E-state index in [1.807, 2.05) is 0 Å². The third kappa shape index (κ3) is 2.50. The highest BCUT2D eigenvalue weighted by Crippen LogP contribution is 2.34. The largest absolute Gasteiger partial charge is 0.481 e. The lowest BCUT2D eigenvalue weighted by Crippen LogP contribution is -2.50. The van der Waals surface area contributed by atoms with Crippen molar-refractivity contribution >= 4 is 5.69 Å². The minimum absolute atomic E-state index is 0.354. The summed E-state index contributed by atoms with van der Waals surface area (Å²) < 4.78 is 42.4. The lowest BCUT2D eigenvalue weighted by atomic mass is 10.2. The molecule has 0 amide bonds. The van der Waals surface area contributed by atoms with E-state index in [1.165, 1.54) is 0 Å². The Morgan fingerprint density at radius 3 is 2.61 bits per heavy atom. The minimum Gasteiger partial charge on any atom is -0.481 e. The van der Waals surface area contributed by atoms with Gasteiger partial charge in [0.1, 0.15) is 18.0 Å². The summed E-state index contributed by atoms with van der Waals surface area (Å²) in [4.78, 5) is 12.9. The zero-order chi connectivity index (χ0) is 13.3. The molecule has 1 fully saturated rings. The van der Waals surface area contributed by atoms with Crippen LogP contribution in [0.1, 0.15) is 5.69 Å². The quantitative estimate of drug-likeness (QED) is 0.658. The van der Waals surface area contributed by atoms with Gasteiger partial charge in [-0.2, -0.15) is 13.2 Å². The van der Waals surface area contributed by atoms with E-state index in [0.717, 1.165) is 0 Å². The summed E-state index contributed by atoms with van der Waals surface area (Å²) in [6.45, 7) is 0.891. The van der Waals surface area contributed by atoms with Crippen molar-refractivity contribution in [1.29, 1.82) is 0 Å². The van der Waals surface area contributed by atoms with Crippen molar-refractivity contribution < 1.29 is 22.8 Å². The average molecular weight is 263 g/mol. The van der Waals surface area contributed by atoms with Gasteiger partial charge in [0.15, 0.2) is 0 Å². The van der Waals surface area contributed by atoms with Gasteiger partial charge in [0, 0.05) is 19.2 Å². The highest BCUT2D eigenvalue weighted by molar-refractivity contribution is 5.45. The van der Waals surface area contributed by atoms with Gasteiger partial charge in [-0.1, -0.05) is 0 Å². The van der Waals surface area contributed by atoms with E-state index >= 15 is 0 Å². The van der Waals surface area contributed by atoms with Crippen molar-refractivity contribution in [2.24, 2.45) is 0 Å². The number of ether oxygens (including phenoxy) is 1. The summed E-state index contributed by atoms with van der Waals surface area (Å²) in [7, 11) is 0. The summed E-state index contributed by atoms with van der Waals surface area (Å²) >= 11 is 0. The van der Waals surface area contributed by atoms with E-state index in [2.05, 4.69) is 10.3 Å². The maximum absolute atomic E-state index is 12.4. The molecule has 0 aromatic carbocycles. The lowest BCUT2D eigenvalue weighted by molar-refractivity contribution is -0.386. The van der Waals surface area contributed by atoms with Crippen LogP contribution in [0.3, 0.4) is 0 Å². The van der Waals surface area contributed by atoms with Crippen LogP contribution < -0.4 is 10.1 Å². The molecule has 1 aliphatic rings. The molecule has 0 spiro atoms. The monoisotopic (exact) mass is 263 g/mol. The Kier molecular flexibility index (Phi) is 3.07. The van der Waals surface area contributed by atoms with Gasteiger partial charge in [-0.05, 0) is 0 Å².